The summed E-state index contributed by atoms with van der Waals surface area (Å²) in [7, 11) is 0. The predicted octanol–water partition coefficient (Wildman–Crippen LogP) is 4.71. The summed E-state index contributed by atoms with van der Waals surface area (Å²) >= 11 is 0. The Morgan fingerprint density at radius 1 is 1.36 bits per heavy atom. The van der Waals surface area contributed by atoms with Crippen LogP contribution in [0.3, 0.4) is 0 Å². The normalized spacial score (nSPS) is 19.7. The summed E-state index contributed by atoms with van der Waals surface area (Å²) < 4.78 is 0. The summed E-state index contributed by atoms with van der Waals surface area (Å²) in [6.07, 6.45) is 8.23. The molecule has 0 bridgehead atoms. The molecule has 0 aromatic carbocycles. The molecule has 0 heteroatoms. The van der Waals surface area contributed by atoms with Gasteiger partial charge in [0.1, 0.15) is 0 Å². The maximum Gasteiger partial charge on any atom is -0.00152 e. The van der Waals surface area contributed by atoms with Gasteiger partial charge in [-0.2, -0.15) is 0 Å². The van der Waals surface area contributed by atoms with E-state index in [1.165, 1.54) is 44.1 Å². The molecule has 0 heterocycles. The van der Waals surface area contributed by atoms with E-state index in [1.54, 1.807) is 0 Å². The highest BCUT2D eigenvalue weighted by molar-refractivity contribution is 5.12. The Labute approximate surface area is 89.1 Å². The Morgan fingerprint density at radius 3 is 2.36 bits per heavy atom. The minimum Gasteiger partial charge on any atom is -0.129 e. The maximum atomic E-state index is 3.82. The second-order valence-corrected chi connectivity index (χ2v) is 5.22. The third kappa shape index (κ3) is 2.51. The summed E-state index contributed by atoms with van der Waals surface area (Å²) in [6, 6.07) is 0. The smallest absolute Gasteiger partial charge is 0.00152 e. The molecule has 0 amide bonds. The molecule has 0 N–H and O–H groups in total. The van der Waals surface area contributed by atoms with Crippen molar-refractivity contribution >= 4 is 0 Å². The van der Waals surface area contributed by atoms with Crippen LogP contribution in [0.15, 0.2) is 17.9 Å². The maximum absolute atomic E-state index is 3.82. The van der Waals surface area contributed by atoms with Gasteiger partial charge in [-0.1, -0.05) is 39.7 Å². The average molecular weight is 192 g/mol. The number of hydrogen-bond acceptors (Lipinski definition) is 0. The lowest BCUT2D eigenvalue weighted by Crippen LogP contribution is -2.18. The largest absolute Gasteiger partial charge is 0.129 e. The Morgan fingerprint density at radius 2 is 1.93 bits per heavy atom. The van der Waals surface area contributed by atoms with Crippen LogP contribution in [-0.4, -0.2) is 0 Å². The van der Waals surface area contributed by atoms with Crippen LogP contribution < -0.4 is 0 Å². The van der Waals surface area contributed by atoms with Crippen molar-refractivity contribution in [1.82, 2.24) is 0 Å². The molecule has 0 atom stereocenters. The highest BCUT2D eigenvalue weighted by Gasteiger charge is 2.34. The molecule has 14 heavy (non-hydrogen) atoms. The Bertz CT molecular complexity index is 222. The zero-order valence-electron chi connectivity index (χ0n) is 10.0. The van der Waals surface area contributed by atoms with Crippen LogP contribution in [0.25, 0.3) is 0 Å². The number of hydrogen-bond donors (Lipinski definition) is 0. The zero-order valence-corrected chi connectivity index (χ0v) is 10.0. The summed E-state index contributed by atoms with van der Waals surface area (Å²) in [5.41, 5.74) is 5.03. The summed E-state index contributed by atoms with van der Waals surface area (Å²) in [6.45, 7) is 10.7. The van der Waals surface area contributed by atoms with Crippen LogP contribution in [0.4, 0.5) is 0 Å². The van der Waals surface area contributed by atoms with Crippen molar-refractivity contribution in [2.75, 3.05) is 0 Å². The van der Waals surface area contributed by atoms with E-state index in [0.717, 1.165) is 5.92 Å². The SMILES string of the molecule is C=C=C(C)C1(CCC(C)C)CCCC1. The first-order valence-corrected chi connectivity index (χ1v) is 5.98. The average Bonchev–Trinajstić information content (AvgIpc) is 2.63. The second kappa shape index (κ2) is 4.84. The van der Waals surface area contributed by atoms with Gasteiger partial charge in [0, 0.05) is 0 Å². The molecule has 80 valence electrons. The molecule has 1 aliphatic carbocycles. The third-order valence-corrected chi connectivity index (χ3v) is 3.82. The van der Waals surface area contributed by atoms with Crippen LogP contribution in [0, 0.1) is 11.3 Å². The molecule has 0 nitrogen and oxygen atoms in total. The molecule has 1 saturated carbocycles. The van der Waals surface area contributed by atoms with Crippen molar-refractivity contribution in [3.8, 4) is 0 Å². The van der Waals surface area contributed by atoms with E-state index in [9.17, 15) is 0 Å². The van der Waals surface area contributed by atoms with Gasteiger partial charge < -0.3 is 0 Å². The molecule has 0 spiro atoms. The van der Waals surface area contributed by atoms with E-state index < -0.39 is 0 Å². The van der Waals surface area contributed by atoms with Gasteiger partial charge >= 0.3 is 0 Å². The second-order valence-electron chi connectivity index (χ2n) is 5.22. The molecule has 0 aliphatic heterocycles. The molecule has 0 aromatic rings. The van der Waals surface area contributed by atoms with E-state index in [4.69, 9.17) is 0 Å². The van der Waals surface area contributed by atoms with Crippen LogP contribution in [0.1, 0.15) is 59.3 Å². The first kappa shape index (κ1) is 11.6. The molecule has 0 radical (unpaired) electrons. The lowest BCUT2D eigenvalue weighted by atomic mass is 9.74. The number of rotatable bonds is 4. The lowest BCUT2D eigenvalue weighted by Gasteiger charge is -2.29. The van der Waals surface area contributed by atoms with E-state index >= 15 is 0 Å². The van der Waals surface area contributed by atoms with Crippen molar-refractivity contribution < 1.29 is 0 Å². The summed E-state index contributed by atoms with van der Waals surface area (Å²) in [5, 5.41) is 0. The Balaban J connectivity index is 2.67. The number of allylic oxidation sites excluding steroid dienone is 1. The quantitative estimate of drug-likeness (QED) is 0.566. The van der Waals surface area contributed by atoms with Crippen molar-refractivity contribution in [2.45, 2.75) is 59.3 Å². The zero-order chi connectivity index (χ0) is 10.6. The fraction of sp³-hybridized carbons (Fsp3) is 0.786. The fourth-order valence-corrected chi connectivity index (χ4v) is 2.62. The highest BCUT2D eigenvalue weighted by Crippen LogP contribution is 2.47. The minimum absolute atomic E-state index is 0.478. The van der Waals surface area contributed by atoms with E-state index in [2.05, 4.69) is 33.1 Å². The van der Waals surface area contributed by atoms with Crippen molar-refractivity contribution in [3.63, 3.8) is 0 Å². The van der Waals surface area contributed by atoms with Gasteiger partial charge in [0.25, 0.3) is 0 Å². The molecule has 1 fully saturated rings. The molecular weight excluding hydrogens is 168 g/mol. The molecule has 1 rings (SSSR count). The van der Waals surface area contributed by atoms with Crippen molar-refractivity contribution in [3.05, 3.63) is 17.9 Å². The first-order chi connectivity index (χ1) is 6.60. The summed E-state index contributed by atoms with van der Waals surface area (Å²) in [5.74, 6) is 0.824. The molecule has 0 saturated heterocycles. The van der Waals surface area contributed by atoms with Gasteiger partial charge in [-0.05, 0) is 43.1 Å². The fourth-order valence-electron chi connectivity index (χ4n) is 2.62. The third-order valence-electron chi connectivity index (χ3n) is 3.82. The van der Waals surface area contributed by atoms with Gasteiger partial charge in [-0.15, -0.1) is 5.73 Å². The van der Waals surface area contributed by atoms with Crippen LogP contribution in [0.2, 0.25) is 0 Å². The van der Waals surface area contributed by atoms with Crippen molar-refractivity contribution in [1.29, 1.82) is 0 Å². The predicted molar refractivity (Wildman–Crippen MR) is 63.3 cm³/mol. The van der Waals surface area contributed by atoms with Crippen LogP contribution >= 0.6 is 0 Å². The van der Waals surface area contributed by atoms with E-state index in [0.29, 0.717) is 5.41 Å². The molecule has 1 aliphatic rings. The van der Waals surface area contributed by atoms with Gasteiger partial charge in [0.05, 0.1) is 0 Å². The van der Waals surface area contributed by atoms with Gasteiger partial charge in [0.15, 0.2) is 0 Å². The first-order valence-electron chi connectivity index (χ1n) is 5.98. The van der Waals surface area contributed by atoms with Gasteiger partial charge in [-0.3, -0.25) is 0 Å². The highest BCUT2D eigenvalue weighted by atomic mass is 14.4. The Hall–Kier alpha value is -0.480. The topological polar surface area (TPSA) is 0 Å². The van der Waals surface area contributed by atoms with Gasteiger partial charge in [0.2, 0.25) is 0 Å². The minimum atomic E-state index is 0.478. The molecule has 0 unspecified atom stereocenters. The lowest BCUT2D eigenvalue weighted by molar-refractivity contribution is 0.307. The van der Waals surface area contributed by atoms with Crippen LogP contribution in [-0.2, 0) is 0 Å². The van der Waals surface area contributed by atoms with E-state index in [1.807, 2.05) is 0 Å². The van der Waals surface area contributed by atoms with Gasteiger partial charge in [-0.25, -0.2) is 0 Å². The standard InChI is InChI=1S/C14H24/c1-5-13(4)14(9-6-7-10-14)11-8-12(2)3/h12H,1,6-11H2,2-4H3. The van der Waals surface area contributed by atoms with E-state index in [-0.39, 0.29) is 0 Å². The monoisotopic (exact) mass is 192 g/mol. The molecule has 0 aromatic heterocycles. The summed E-state index contributed by atoms with van der Waals surface area (Å²) in [4.78, 5) is 0. The van der Waals surface area contributed by atoms with Crippen molar-refractivity contribution in [2.24, 2.45) is 11.3 Å². The van der Waals surface area contributed by atoms with Crippen LogP contribution in [0.5, 0.6) is 0 Å². The Kier molecular flexibility index (Phi) is 4.01. The molecular formula is C14H24.